The average Bonchev–Trinajstić information content (AvgIpc) is 3.07. The molecule has 0 radical (unpaired) electrons. The summed E-state index contributed by atoms with van der Waals surface area (Å²) >= 11 is 0. The first-order chi connectivity index (χ1) is 9.38. The highest BCUT2D eigenvalue weighted by atomic mass is 16.5. The van der Waals surface area contributed by atoms with Gasteiger partial charge in [-0.1, -0.05) is 18.6 Å². The molecule has 2 bridgehead atoms. The predicted molar refractivity (Wildman–Crippen MR) is 74.0 cm³/mol. The lowest BCUT2D eigenvalue weighted by Crippen LogP contribution is -2.18. The Morgan fingerprint density at radius 3 is 2.79 bits per heavy atom. The van der Waals surface area contributed by atoms with E-state index in [0.29, 0.717) is 5.88 Å². The van der Waals surface area contributed by atoms with Crippen molar-refractivity contribution in [1.82, 2.24) is 9.97 Å². The van der Waals surface area contributed by atoms with Crippen molar-refractivity contribution in [3.63, 3.8) is 0 Å². The quantitative estimate of drug-likeness (QED) is 0.841. The maximum absolute atomic E-state index is 5.88. The summed E-state index contributed by atoms with van der Waals surface area (Å²) in [5, 5.41) is 0. The maximum Gasteiger partial charge on any atom is 0.232 e. The van der Waals surface area contributed by atoms with Crippen molar-refractivity contribution >= 4 is 11.0 Å². The fraction of sp³-hybridized carbons (Fsp3) is 0.500. The van der Waals surface area contributed by atoms with Crippen LogP contribution in [0.1, 0.15) is 25.7 Å². The number of benzene rings is 1. The van der Waals surface area contributed by atoms with E-state index in [-0.39, 0.29) is 0 Å². The first-order valence-electron chi connectivity index (χ1n) is 7.23. The van der Waals surface area contributed by atoms with Gasteiger partial charge in [-0.3, -0.25) is 0 Å². The second-order valence-electron chi connectivity index (χ2n) is 5.94. The molecule has 19 heavy (non-hydrogen) atoms. The zero-order chi connectivity index (χ0) is 12.7. The molecule has 1 aromatic heterocycles. The molecule has 4 rings (SSSR count). The normalized spacial score (nSPS) is 28.9. The van der Waals surface area contributed by atoms with E-state index < -0.39 is 0 Å². The summed E-state index contributed by atoms with van der Waals surface area (Å²) in [6.07, 6.45) is 7.37. The lowest BCUT2D eigenvalue weighted by atomic mass is 9.90. The highest BCUT2D eigenvalue weighted by molar-refractivity contribution is 5.73. The van der Waals surface area contributed by atoms with Crippen LogP contribution in [0, 0.1) is 17.8 Å². The van der Waals surface area contributed by atoms with E-state index in [1.165, 1.54) is 25.7 Å². The largest absolute Gasteiger partial charge is 0.476 e. The van der Waals surface area contributed by atoms with E-state index >= 15 is 0 Å². The van der Waals surface area contributed by atoms with Gasteiger partial charge in [0.1, 0.15) is 0 Å². The van der Waals surface area contributed by atoms with Crippen molar-refractivity contribution in [3.8, 4) is 5.88 Å². The Morgan fingerprint density at radius 1 is 1.11 bits per heavy atom. The van der Waals surface area contributed by atoms with Gasteiger partial charge in [0.15, 0.2) is 0 Å². The summed E-state index contributed by atoms with van der Waals surface area (Å²) in [4.78, 5) is 8.90. The summed E-state index contributed by atoms with van der Waals surface area (Å²) in [5.74, 6) is 3.29. The second-order valence-corrected chi connectivity index (χ2v) is 5.94. The molecule has 2 aliphatic rings. The van der Waals surface area contributed by atoms with Crippen LogP contribution >= 0.6 is 0 Å². The van der Waals surface area contributed by atoms with Crippen molar-refractivity contribution in [3.05, 3.63) is 30.5 Å². The number of hydrogen-bond donors (Lipinski definition) is 0. The molecular weight excluding hydrogens is 236 g/mol. The van der Waals surface area contributed by atoms with E-state index in [2.05, 4.69) is 9.97 Å². The molecule has 1 aromatic carbocycles. The van der Waals surface area contributed by atoms with Crippen molar-refractivity contribution in [2.75, 3.05) is 6.61 Å². The first kappa shape index (κ1) is 11.2. The average molecular weight is 254 g/mol. The molecule has 0 amide bonds. The summed E-state index contributed by atoms with van der Waals surface area (Å²) in [5.41, 5.74) is 1.84. The smallest absolute Gasteiger partial charge is 0.232 e. The van der Waals surface area contributed by atoms with Crippen molar-refractivity contribution in [2.24, 2.45) is 17.8 Å². The van der Waals surface area contributed by atoms with Crippen LogP contribution in [0.4, 0.5) is 0 Å². The molecule has 0 saturated heterocycles. The van der Waals surface area contributed by atoms with Gasteiger partial charge in [-0.25, -0.2) is 9.97 Å². The van der Waals surface area contributed by atoms with Crippen LogP contribution in [-0.4, -0.2) is 16.6 Å². The minimum atomic E-state index is 0.668. The molecule has 1 heterocycles. The fourth-order valence-electron chi connectivity index (χ4n) is 3.78. The number of hydrogen-bond acceptors (Lipinski definition) is 3. The standard InChI is InChI=1S/C16H18N2O/c1-2-4-15-14(3-1)17-9-16(18-15)19-10-13-8-11-5-6-12(13)7-11/h1-4,9,11-13H,5-8,10H2. The zero-order valence-corrected chi connectivity index (χ0v) is 11.0. The van der Waals surface area contributed by atoms with Gasteiger partial charge < -0.3 is 4.74 Å². The van der Waals surface area contributed by atoms with Gasteiger partial charge in [0.05, 0.1) is 23.8 Å². The van der Waals surface area contributed by atoms with Gasteiger partial charge >= 0.3 is 0 Å². The number of aromatic nitrogens is 2. The molecule has 3 heteroatoms. The van der Waals surface area contributed by atoms with E-state index in [9.17, 15) is 0 Å². The maximum atomic E-state index is 5.88. The van der Waals surface area contributed by atoms with Gasteiger partial charge in [0.2, 0.25) is 5.88 Å². The van der Waals surface area contributed by atoms with Gasteiger partial charge in [-0.05, 0) is 49.1 Å². The lowest BCUT2D eigenvalue weighted by Gasteiger charge is -2.21. The number of ether oxygens (including phenoxy) is 1. The molecule has 98 valence electrons. The van der Waals surface area contributed by atoms with Crippen molar-refractivity contribution < 1.29 is 4.74 Å². The second kappa shape index (κ2) is 4.48. The molecule has 3 atom stereocenters. The van der Waals surface area contributed by atoms with Gasteiger partial charge in [0, 0.05) is 0 Å². The third-order valence-electron chi connectivity index (χ3n) is 4.76. The number of para-hydroxylation sites is 2. The van der Waals surface area contributed by atoms with Crippen LogP contribution in [0.15, 0.2) is 30.5 Å². The highest BCUT2D eigenvalue weighted by Gasteiger charge is 2.39. The molecule has 2 fully saturated rings. The highest BCUT2D eigenvalue weighted by Crippen LogP contribution is 2.48. The van der Waals surface area contributed by atoms with Crippen molar-refractivity contribution in [2.45, 2.75) is 25.7 Å². The summed E-state index contributed by atoms with van der Waals surface area (Å²) in [6.45, 7) is 0.814. The van der Waals surface area contributed by atoms with E-state index in [1.807, 2.05) is 24.3 Å². The Hall–Kier alpha value is -1.64. The van der Waals surface area contributed by atoms with Crippen LogP contribution in [0.25, 0.3) is 11.0 Å². The minimum Gasteiger partial charge on any atom is -0.476 e. The Bertz CT molecular complexity index is 598. The Labute approximate surface area is 113 Å². The molecular formula is C16H18N2O. The molecule has 0 N–H and O–H groups in total. The van der Waals surface area contributed by atoms with Crippen molar-refractivity contribution in [1.29, 1.82) is 0 Å². The monoisotopic (exact) mass is 254 g/mol. The molecule has 2 aromatic rings. The Balaban J connectivity index is 1.46. The SMILES string of the molecule is c1ccc2nc(OCC3CC4CCC3C4)cnc2c1. The molecule has 2 saturated carbocycles. The number of nitrogens with zero attached hydrogens (tertiary/aromatic N) is 2. The van der Waals surface area contributed by atoms with E-state index in [4.69, 9.17) is 4.74 Å². The van der Waals surface area contributed by atoms with Crippen LogP contribution in [0.3, 0.4) is 0 Å². The summed E-state index contributed by atoms with van der Waals surface area (Å²) in [7, 11) is 0. The van der Waals surface area contributed by atoms with Gasteiger partial charge in [-0.15, -0.1) is 0 Å². The van der Waals surface area contributed by atoms with Crippen LogP contribution in [0.5, 0.6) is 5.88 Å². The van der Waals surface area contributed by atoms with Crippen LogP contribution < -0.4 is 4.74 Å². The van der Waals surface area contributed by atoms with Gasteiger partial charge in [0.25, 0.3) is 0 Å². The fourth-order valence-corrected chi connectivity index (χ4v) is 3.78. The number of fused-ring (bicyclic) bond motifs is 3. The lowest BCUT2D eigenvalue weighted by molar-refractivity contribution is 0.190. The Morgan fingerprint density at radius 2 is 2.00 bits per heavy atom. The minimum absolute atomic E-state index is 0.668. The third-order valence-corrected chi connectivity index (χ3v) is 4.76. The van der Waals surface area contributed by atoms with E-state index in [0.717, 1.165) is 35.4 Å². The third kappa shape index (κ3) is 2.07. The summed E-state index contributed by atoms with van der Waals surface area (Å²) in [6, 6.07) is 7.91. The molecule has 3 unspecified atom stereocenters. The van der Waals surface area contributed by atoms with Gasteiger partial charge in [-0.2, -0.15) is 0 Å². The number of rotatable bonds is 3. The molecule has 0 spiro atoms. The topological polar surface area (TPSA) is 35.0 Å². The first-order valence-corrected chi connectivity index (χ1v) is 7.23. The Kier molecular flexibility index (Phi) is 2.64. The van der Waals surface area contributed by atoms with Crippen LogP contribution in [-0.2, 0) is 0 Å². The molecule has 0 aliphatic heterocycles. The molecule has 3 nitrogen and oxygen atoms in total. The zero-order valence-electron chi connectivity index (χ0n) is 11.0. The predicted octanol–water partition coefficient (Wildman–Crippen LogP) is 3.44. The molecule has 2 aliphatic carbocycles. The van der Waals surface area contributed by atoms with E-state index in [1.54, 1.807) is 6.20 Å². The van der Waals surface area contributed by atoms with Crippen LogP contribution in [0.2, 0.25) is 0 Å². The summed E-state index contributed by atoms with van der Waals surface area (Å²) < 4.78 is 5.88.